The lowest BCUT2D eigenvalue weighted by Crippen LogP contribution is -1.93. The molecule has 0 atom stereocenters. The number of aromatic nitrogens is 1. The van der Waals surface area contributed by atoms with Crippen molar-refractivity contribution in [1.82, 2.24) is 4.98 Å². The highest BCUT2D eigenvalue weighted by molar-refractivity contribution is 6.32. The number of ether oxygens (including phenoxy) is 1. The average molecular weight is 285 g/mol. The van der Waals surface area contributed by atoms with Crippen LogP contribution in [0.25, 0.3) is 10.9 Å². The van der Waals surface area contributed by atoms with Crippen LogP contribution < -0.4 is 10.5 Å². The van der Waals surface area contributed by atoms with Gasteiger partial charge < -0.3 is 10.5 Å². The summed E-state index contributed by atoms with van der Waals surface area (Å²) in [7, 11) is 0. The van der Waals surface area contributed by atoms with Gasteiger partial charge in [-0.15, -0.1) is 0 Å². The van der Waals surface area contributed by atoms with Gasteiger partial charge in [-0.25, -0.2) is 0 Å². The van der Waals surface area contributed by atoms with Crippen molar-refractivity contribution in [1.29, 1.82) is 0 Å². The average Bonchev–Trinajstić information content (AvgIpc) is 2.45. The van der Waals surface area contributed by atoms with E-state index < -0.39 is 0 Å². The second-order valence-corrected chi connectivity index (χ2v) is 5.00. The van der Waals surface area contributed by atoms with E-state index >= 15 is 0 Å². The number of nitrogens with zero attached hydrogens (tertiary/aromatic N) is 1. The first kappa shape index (κ1) is 12.8. The van der Waals surface area contributed by atoms with Crippen molar-refractivity contribution in [3.05, 3.63) is 59.2 Å². The van der Waals surface area contributed by atoms with Crippen molar-refractivity contribution < 1.29 is 4.74 Å². The summed E-state index contributed by atoms with van der Waals surface area (Å²) in [5, 5.41) is 1.45. The smallest absolute Gasteiger partial charge is 0.146 e. The third-order valence-electron chi connectivity index (χ3n) is 3.07. The van der Waals surface area contributed by atoms with Crippen molar-refractivity contribution in [2.24, 2.45) is 0 Å². The van der Waals surface area contributed by atoms with E-state index in [2.05, 4.69) is 4.98 Å². The number of benzene rings is 2. The molecule has 0 aliphatic rings. The van der Waals surface area contributed by atoms with Gasteiger partial charge in [0.1, 0.15) is 11.5 Å². The molecule has 0 aliphatic heterocycles. The molecule has 1 aromatic heterocycles. The third kappa shape index (κ3) is 2.28. The van der Waals surface area contributed by atoms with Crippen LogP contribution in [0.2, 0.25) is 5.02 Å². The minimum atomic E-state index is 0.582. The molecule has 1 heterocycles. The summed E-state index contributed by atoms with van der Waals surface area (Å²) in [5.41, 5.74) is 8.37. The van der Waals surface area contributed by atoms with Crippen molar-refractivity contribution in [2.75, 3.05) is 5.73 Å². The number of nitrogen functional groups attached to an aromatic ring is 1. The second-order valence-electron chi connectivity index (χ2n) is 4.59. The lowest BCUT2D eigenvalue weighted by Gasteiger charge is -2.11. The number of hydrogen-bond acceptors (Lipinski definition) is 3. The Morgan fingerprint density at radius 1 is 1.10 bits per heavy atom. The molecule has 0 saturated heterocycles. The summed E-state index contributed by atoms with van der Waals surface area (Å²) in [5.74, 6) is 1.31. The SMILES string of the molecule is Cc1ccc(Oc2ccc(N)c3ncccc23)c(Cl)c1. The first-order valence-electron chi connectivity index (χ1n) is 6.22. The fourth-order valence-electron chi connectivity index (χ4n) is 2.06. The van der Waals surface area contributed by atoms with E-state index in [4.69, 9.17) is 22.1 Å². The Labute approximate surface area is 122 Å². The van der Waals surface area contributed by atoms with Crippen molar-refractivity contribution in [3.63, 3.8) is 0 Å². The molecule has 0 fully saturated rings. The summed E-state index contributed by atoms with van der Waals surface area (Å²) in [4.78, 5) is 4.28. The maximum atomic E-state index is 6.20. The molecule has 100 valence electrons. The van der Waals surface area contributed by atoms with Gasteiger partial charge in [0, 0.05) is 11.6 Å². The van der Waals surface area contributed by atoms with Crippen LogP contribution in [0, 0.1) is 6.92 Å². The molecule has 0 spiro atoms. The number of nitrogens with two attached hydrogens (primary N) is 1. The molecule has 2 aromatic carbocycles. The minimum Gasteiger partial charge on any atom is -0.455 e. The quantitative estimate of drug-likeness (QED) is 0.701. The molecule has 20 heavy (non-hydrogen) atoms. The summed E-state index contributed by atoms with van der Waals surface area (Å²) in [6, 6.07) is 13.1. The van der Waals surface area contributed by atoms with Gasteiger partial charge in [0.25, 0.3) is 0 Å². The van der Waals surface area contributed by atoms with Crippen LogP contribution in [0.4, 0.5) is 5.69 Å². The van der Waals surface area contributed by atoms with E-state index in [-0.39, 0.29) is 0 Å². The Hall–Kier alpha value is -2.26. The first-order chi connectivity index (χ1) is 9.65. The normalized spacial score (nSPS) is 10.7. The van der Waals surface area contributed by atoms with Gasteiger partial charge in [-0.05, 0) is 48.9 Å². The van der Waals surface area contributed by atoms with Gasteiger partial charge in [-0.2, -0.15) is 0 Å². The number of fused-ring (bicyclic) bond motifs is 1. The molecule has 0 amide bonds. The van der Waals surface area contributed by atoms with Gasteiger partial charge in [0.05, 0.1) is 16.2 Å². The zero-order chi connectivity index (χ0) is 14.1. The zero-order valence-electron chi connectivity index (χ0n) is 10.9. The monoisotopic (exact) mass is 284 g/mol. The fourth-order valence-corrected chi connectivity index (χ4v) is 2.34. The van der Waals surface area contributed by atoms with E-state index in [0.29, 0.717) is 22.2 Å². The predicted octanol–water partition coefficient (Wildman–Crippen LogP) is 4.57. The number of aryl methyl sites for hydroxylation is 1. The van der Waals surface area contributed by atoms with Gasteiger partial charge in [-0.1, -0.05) is 17.7 Å². The molecule has 0 bridgehead atoms. The summed E-state index contributed by atoms with van der Waals surface area (Å²) >= 11 is 6.20. The molecule has 4 heteroatoms. The van der Waals surface area contributed by atoms with Crippen LogP contribution in [0.15, 0.2) is 48.7 Å². The topological polar surface area (TPSA) is 48.1 Å². The van der Waals surface area contributed by atoms with Crippen LogP contribution >= 0.6 is 11.6 Å². The molecule has 2 N–H and O–H groups in total. The fraction of sp³-hybridized carbons (Fsp3) is 0.0625. The Morgan fingerprint density at radius 2 is 1.90 bits per heavy atom. The number of halogens is 1. The largest absolute Gasteiger partial charge is 0.455 e. The summed E-state index contributed by atoms with van der Waals surface area (Å²) < 4.78 is 5.90. The van der Waals surface area contributed by atoms with Gasteiger partial charge in [0.2, 0.25) is 0 Å². The van der Waals surface area contributed by atoms with E-state index in [1.54, 1.807) is 12.3 Å². The Balaban J connectivity index is 2.09. The molecule has 3 aromatic rings. The van der Waals surface area contributed by atoms with Crippen molar-refractivity contribution in [2.45, 2.75) is 6.92 Å². The molecule has 3 rings (SSSR count). The molecule has 0 saturated carbocycles. The van der Waals surface area contributed by atoms with Crippen molar-refractivity contribution in [3.8, 4) is 11.5 Å². The highest BCUT2D eigenvalue weighted by atomic mass is 35.5. The Morgan fingerprint density at radius 3 is 2.70 bits per heavy atom. The molecule has 3 nitrogen and oxygen atoms in total. The highest BCUT2D eigenvalue weighted by Crippen LogP contribution is 2.35. The molecule has 0 radical (unpaired) electrons. The number of rotatable bonds is 2. The highest BCUT2D eigenvalue weighted by Gasteiger charge is 2.09. The lowest BCUT2D eigenvalue weighted by atomic mass is 10.1. The number of hydrogen-bond donors (Lipinski definition) is 1. The maximum Gasteiger partial charge on any atom is 0.146 e. The van der Waals surface area contributed by atoms with Crippen LogP contribution in [-0.2, 0) is 0 Å². The zero-order valence-corrected chi connectivity index (χ0v) is 11.7. The Bertz CT molecular complexity index is 787. The number of anilines is 1. The third-order valence-corrected chi connectivity index (χ3v) is 3.36. The van der Waals surface area contributed by atoms with E-state index in [1.165, 1.54) is 0 Å². The second kappa shape index (κ2) is 5.02. The van der Waals surface area contributed by atoms with Crippen LogP contribution in [0.1, 0.15) is 5.56 Å². The van der Waals surface area contributed by atoms with Crippen LogP contribution in [-0.4, -0.2) is 4.98 Å². The predicted molar refractivity (Wildman–Crippen MR) is 82.4 cm³/mol. The van der Waals surface area contributed by atoms with Crippen LogP contribution in [0.3, 0.4) is 0 Å². The van der Waals surface area contributed by atoms with Gasteiger partial charge in [-0.3, -0.25) is 4.98 Å². The molecule has 0 unspecified atom stereocenters. The minimum absolute atomic E-state index is 0.582. The molecular weight excluding hydrogens is 272 g/mol. The molecular formula is C16H13ClN2O. The standard InChI is InChI=1S/C16H13ClN2O/c1-10-4-6-15(12(17)9-10)20-14-7-5-13(18)16-11(14)3-2-8-19-16/h2-9H,18H2,1H3. The lowest BCUT2D eigenvalue weighted by molar-refractivity contribution is 0.488. The van der Waals surface area contributed by atoms with E-state index in [9.17, 15) is 0 Å². The Kier molecular flexibility index (Phi) is 3.20. The van der Waals surface area contributed by atoms with E-state index in [0.717, 1.165) is 16.5 Å². The van der Waals surface area contributed by atoms with E-state index in [1.807, 2.05) is 43.3 Å². The number of pyridine rings is 1. The maximum absolute atomic E-state index is 6.20. The van der Waals surface area contributed by atoms with Gasteiger partial charge >= 0.3 is 0 Å². The molecule has 0 aliphatic carbocycles. The summed E-state index contributed by atoms with van der Waals surface area (Å²) in [6.45, 7) is 1.98. The van der Waals surface area contributed by atoms with Gasteiger partial charge in [0.15, 0.2) is 0 Å². The van der Waals surface area contributed by atoms with Crippen LogP contribution in [0.5, 0.6) is 11.5 Å². The van der Waals surface area contributed by atoms with Crippen molar-refractivity contribution >= 4 is 28.2 Å². The summed E-state index contributed by atoms with van der Waals surface area (Å²) in [6.07, 6.45) is 1.71. The first-order valence-corrected chi connectivity index (χ1v) is 6.60.